The van der Waals surface area contributed by atoms with E-state index in [0.29, 0.717) is 12.0 Å². The van der Waals surface area contributed by atoms with Gasteiger partial charge in [0.1, 0.15) is 5.82 Å². The SMILES string of the molecule is CCC(C)CC(C)n1c(C(C)Cl)nc2ccc(C)cc21. The van der Waals surface area contributed by atoms with Crippen molar-refractivity contribution >= 4 is 22.6 Å². The Morgan fingerprint density at radius 1 is 1.25 bits per heavy atom. The molecule has 20 heavy (non-hydrogen) atoms. The summed E-state index contributed by atoms with van der Waals surface area (Å²) in [5.41, 5.74) is 3.53. The fraction of sp³-hybridized carbons (Fsp3) is 0.588. The lowest BCUT2D eigenvalue weighted by Crippen LogP contribution is -2.13. The molecule has 0 aliphatic carbocycles. The van der Waals surface area contributed by atoms with Gasteiger partial charge in [-0.3, -0.25) is 0 Å². The molecule has 0 saturated carbocycles. The summed E-state index contributed by atoms with van der Waals surface area (Å²) in [5, 5.41) is -0.0675. The van der Waals surface area contributed by atoms with Crippen molar-refractivity contribution in [2.45, 2.75) is 58.9 Å². The number of fused-ring (bicyclic) bond motifs is 1. The predicted octanol–water partition coefficient (Wildman–Crippen LogP) is 5.64. The number of rotatable bonds is 5. The third kappa shape index (κ3) is 3.01. The number of alkyl halides is 1. The lowest BCUT2D eigenvalue weighted by atomic mass is 10.00. The molecule has 3 unspecified atom stereocenters. The minimum Gasteiger partial charge on any atom is -0.324 e. The van der Waals surface area contributed by atoms with Crippen molar-refractivity contribution in [1.29, 1.82) is 0 Å². The highest BCUT2D eigenvalue weighted by Gasteiger charge is 2.20. The Kier molecular flexibility index (Phi) is 4.74. The van der Waals surface area contributed by atoms with Crippen LogP contribution in [0.15, 0.2) is 18.2 Å². The van der Waals surface area contributed by atoms with Crippen LogP contribution in [0.2, 0.25) is 0 Å². The van der Waals surface area contributed by atoms with E-state index in [9.17, 15) is 0 Å². The molecule has 0 spiro atoms. The van der Waals surface area contributed by atoms with Crippen molar-refractivity contribution in [3.63, 3.8) is 0 Å². The lowest BCUT2D eigenvalue weighted by molar-refractivity contribution is 0.397. The van der Waals surface area contributed by atoms with Crippen LogP contribution in [0.4, 0.5) is 0 Å². The molecule has 0 aliphatic rings. The number of hydrogen-bond acceptors (Lipinski definition) is 1. The molecule has 1 aromatic heterocycles. The Morgan fingerprint density at radius 2 is 1.95 bits per heavy atom. The van der Waals surface area contributed by atoms with Crippen LogP contribution in [-0.4, -0.2) is 9.55 Å². The average molecular weight is 293 g/mol. The molecule has 0 radical (unpaired) electrons. The molecule has 0 amide bonds. The summed E-state index contributed by atoms with van der Waals surface area (Å²) >= 11 is 6.35. The number of benzene rings is 1. The van der Waals surface area contributed by atoms with Crippen molar-refractivity contribution in [1.82, 2.24) is 9.55 Å². The molecule has 0 fully saturated rings. The van der Waals surface area contributed by atoms with Crippen LogP contribution in [0.25, 0.3) is 11.0 Å². The lowest BCUT2D eigenvalue weighted by Gasteiger charge is -2.21. The zero-order valence-electron chi connectivity index (χ0n) is 13.2. The standard InChI is InChI=1S/C17H25ClN2/c1-6-11(2)9-13(4)20-16-10-12(3)7-8-15(16)19-17(20)14(5)18/h7-8,10-11,13-14H,6,9H2,1-5H3. The predicted molar refractivity (Wildman–Crippen MR) is 87.5 cm³/mol. The number of nitrogens with zero attached hydrogens (tertiary/aromatic N) is 2. The molecule has 1 aromatic carbocycles. The van der Waals surface area contributed by atoms with E-state index in [4.69, 9.17) is 16.6 Å². The Morgan fingerprint density at radius 3 is 2.55 bits per heavy atom. The van der Waals surface area contributed by atoms with Crippen molar-refractivity contribution < 1.29 is 0 Å². The van der Waals surface area contributed by atoms with Crippen LogP contribution in [0.3, 0.4) is 0 Å². The van der Waals surface area contributed by atoms with Gasteiger partial charge in [0, 0.05) is 6.04 Å². The number of halogens is 1. The first-order valence-corrected chi connectivity index (χ1v) is 8.00. The molecule has 0 saturated heterocycles. The molecule has 0 bridgehead atoms. The Balaban J connectivity index is 2.52. The van der Waals surface area contributed by atoms with Crippen molar-refractivity contribution in [2.75, 3.05) is 0 Å². The van der Waals surface area contributed by atoms with Crippen LogP contribution >= 0.6 is 11.6 Å². The molecule has 110 valence electrons. The van der Waals surface area contributed by atoms with Gasteiger partial charge in [0.15, 0.2) is 0 Å². The van der Waals surface area contributed by atoms with Gasteiger partial charge >= 0.3 is 0 Å². The minimum absolute atomic E-state index is 0.0675. The second kappa shape index (κ2) is 6.17. The first-order valence-electron chi connectivity index (χ1n) is 7.56. The van der Waals surface area contributed by atoms with Crippen LogP contribution in [0.1, 0.15) is 63.3 Å². The number of aryl methyl sites for hydroxylation is 1. The maximum Gasteiger partial charge on any atom is 0.127 e. The molecule has 0 N–H and O–H groups in total. The highest BCUT2D eigenvalue weighted by atomic mass is 35.5. The first kappa shape index (κ1) is 15.4. The van der Waals surface area contributed by atoms with Gasteiger partial charge in [0.05, 0.1) is 16.4 Å². The maximum absolute atomic E-state index is 6.35. The molecular formula is C17H25ClN2. The minimum atomic E-state index is -0.0675. The molecule has 2 nitrogen and oxygen atoms in total. The van der Waals surface area contributed by atoms with Gasteiger partial charge in [-0.2, -0.15) is 0 Å². The van der Waals surface area contributed by atoms with Crippen LogP contribution < -0.4 is 0 Å². The summed E-state index contributed by atoms with van der Waals surface area (Å²) in [7, 11) is 0. The van der Waals surface area contributed by atoms with Gasteiger partial charge in [0.2, 0.25) is 0 Å². The fourth-order valence-electron chi connectivity index (χ4n) is 2.82. The average Bonchev–Trinajstić information content (AvgIpc) is 2.77. The summed E-state index contributed by atoms with van der Waals surface area (Å²) in [6.07, 6.45) is 2.37. The van der Waals surface area contributed by atoms with E-state index >= 15 is 0 Å². The smallest absolute Gasteiger partial charge is 0.127 e. The molecular weight excluding hydrogens is 268 g/mol. The highest BCUT2D eigenvalue weighted by molar-refractivity contribution is 6.20. The quantitative estimate of drug-likeness (QED) is 0.652. The summed E-state index contributed by atoms with van der Waals surface area (Å²) in [5.74, 6) is 1.70. The molecule has 0 aliphatic heterocycles. The van der Waals surface area contributed by atoms with E-state index in [1.807, 2.05) is 6.92 Å². The van der Waals surface area contributed by atoms with Crippen LogP contribution in [0, 0.1) is 12.8 Å². The Labute approximate surface area is 127 Å². The molecule has 2 rings (SSSR count). The van der Waals surface area contributed by atoms with E-state index in [0.717, 1.165) is 17.8 Å². The van der Waals surface area contributed by atoms with Crippen molar-refractivity contribution in [2.24, 2.45) is 5.92 Å². The molecule has 1 heterocycles. The summed E-state index contributed by atoms with van der Waals surface area (Å²) in [6, 6.07) is 6.85. The summed E-state index contributed by atoms with van der Waals surface area (Å²) in [4.78, 5) is 4.74. The van der Waals surface area contributed by atoms with Crippen molar-refractivity contribution in [3.05, 3.63) is 29.6 Å². The highest BCUT2D eigenvalue weighted by Crippen LogP contribution is 2.31. The van der Waals surface area contributed by atoms with Gasteiger partial charge in [-0.15, -0.1) is 11.6 Å². The summed E-state index contributed by atoms with van der Waals surface area (Å²) in [6.45, 7) is 11.0. The van der Waals surface area contributed by atoms with E-state index in [-0.39, 0.29) is 5.38 Å². The van der Waals surface area contributed by atoms with Crippen LogP contribution in [-0.2, 0) is 0 Å². The second-order valence-electron chi connectivity index (χ2n) is 6.05. The third-order valence-corrected chi connectivity index (χ3v) is 4.30. The molecule has 3 heteroatoms. The van der Waals surface area contributed by atoms with Gasteiger partial charge in [0.25, 0.3) is 0 Å². The Bertz CT molecular complexity index is 586. The Hall–Kier alpha value is -1.02. The maximum atomic E-state index is 6.35. The van der Waals surface area contributed by atoms with E-state index in [2.05, 4.69) is 50.5 Å². The number of aromatic nitrogens is 2. The largest absolute Gasteiger partial charge is 0.324 e. The van der Waals surface area contributed by atoms with Crippen molar-refractivity contribution in [3.8, 4) is 0 Å². The van der Waals surface area contributed by atoms with Gasteiger partial charge < -0.3 is 4.57 Å². The fourth-order valence-corrected chi connectivity index (χ4v) is 2.97. The zero-order chi connectivity index (χ0) is 14.9. The first-order chi connectivity index (χ1) is 9.43. The van der Waals surface area contributed by atoms with E-state index < -0.39 is 0 Å². The topological polar surface area (TPSA) is 17.8 Å². The van der Waals surface area contributed by atoms with E-state index in [1.165, 1.54) is 17.5 Å². The number of imidazole rings is 1. The zero-order valence-corrected chi connectivity index (χ0v) is 13.9. The normalized spacial score (nSPS) is 16.3. The van der Waals surface area contributed by atoms with Crippen LogP contribution in [0.5, 0.6) is 0 Å². The number of hydrogen-bond donors (Lipinski definition) is 0. The van der Waals surface area contributed by atoms with Gasteiger partial charge in [-0.25, -0.2) is 4.98 Å². The third-order valence-electron chi connectivity index (χ3n) is 4.11. The van der Waals surface area contributed by atoms with Gasteiger partial charge in [-0.1, -0.05) is 26.3 Å². The molecule has 3 atom stereocenters. The second-order valence-corrected chi connectivity index (χ2v) is 6.70. The molecule has 2 aromatic rings. The van der Waals surface area contributed by atoms with Gasteiger partial charge in [-0.05, 0) is 50.8 Å². The monoisotopic (exact) mass is 292 g/mol. The summed E-state index contributed by atoms with van der Waals surface area (Å²) < 4.78 is 2.34. The van der Waals surface area contributed by atoms with E-state index in [1.54, 1.807) is 0 Å².